The number of ether oxygens (including phenoxy) is 1. The number of benzene rings is 1. The summed E-state index contributed by atoms with van der Waals surface area (Å²) < 4.78 is 5.29. The van der Waals surface area contributed by atoms with Crippen molar-refractivity contribution in [2.75, 3.05) is 13.2 Å². The topological polar surface area (TPSA) is 146 Å². The van der Waals surface area contributed by atoms with Gasteiger partial charge in [0.1, 0.15) is 18.7 Å². The van der Waals surface area contributed by atoms with Crippen LogP contribution in [0.5, 0.6) is 0 Å². The Hall–Kier alpha value is -3.14. The van der Waals surface area contributed by atoms with E-state index in [-0.39, 0.29) is 36.4 Å². The minimum atomic E-state index is -0.873. The summed E-state index contributed by atoms with van der Waals surface area (Å²) in [6, 6.07) is 6.96. The number of nitrogens with one attached hydrogen (secondary N) is 4. The van der Waals surface area contributed by atoms with Crippen LogP contribution in [0.2, 0.25) is 0 Å². The number of carbonyl (C=O) groups excluding carboxylic acids is 4. The van der Waals surface area contributed by atoms with Crippen molar-refractivity contribution < 1.29 is 29.0 Å². The molecule has 0 spiro atoms. The Morgan fingerprint density at radius 3 is 2.32 bits per heavy atom. The minimum Gasteiger partial charge on any atom is -0.445 e. The lowest BCUT2D eigenvalue weighted by Crippen LogP contribution is -2.56. The average Bonchev–Trinajstić information content (AvgIpc) is 3.61. The van der Waals surface area contributed by atoms with Crippen LogP contribution in [0.15, 0.2) is 30.3 Å². The summed E-state index contributed by atoms with van der Waals surface area (Å²) >= 11 is 0. The van der Waals surface area contributed by atoms with Gasteiger partial charge in [-0.05, 0) is 49.0 Å². The maximum Gasteiger partial charge on any atom is 0.408 e. The van der Waals surface area contributed by atoms with Crippen molar-refractivity contribution in [2.45, 2.75) is 77.6 Å². The molecular formula is C27H40N4O6. The number of carbonyl (C=O) groups is 4. The van der Waals surface area contributed by atoms with Crippen molar-refractivity contribution in [2.24, 2.45) is 17.3 Å². The summed E-state index contributed by atoms with van der Waals surface area (Å²) in [6.07, 6.45) is 2.23. The van der Waals surface area contributed by atoms with E-state index >= 15 is 0 Å². The molecule has 2 aliphatic rings. The van der Waals surface area contributed by atoms with Crippen LogP contribution in [-0.4, -0.2) is 60.2 Å². The SMILES string of the molecule is CC(C)(C)C[C@H](NC(=O)[C@@H](NC(=O)OCc1ccccc1)C1CC1)C(=O)N[C@H](CO)C[C@@H]1CCNC1=O. The van der Waals surface area contributed by atoms with E-state index in [1.165, 1.54) is 0 Å². The first-order valence-electron chi connectivity index (χ1n) is 13.0. The predicted octanol–water partition coefficient (Wildman–Crippen LogP) is 1.62. The maximum atomic E-state index is 13.2. The molecular weight excluding hydrogens is 476 g/mol. The Morgan fingerprint density at radius 2 is 1.76 bits per heavy atom. The molecule has 1 aliphatic heterocycles. The van der Waals surface area contributed by atoms with E-state index in [1.807, 2.05) is 51.1 Å². The van der Waals surface area contributed by atoms with Crippen LogP contribution in [0.1, 0.15) is 58.4 Å². The number of amides is 4. The van der Waals surface area contributed by atoms with Gasteiger partial charge < -0.3 is 31.1 Å². The van der Waals surface area contributed by atoms with Crippen LogP contribution >= 0.6 is 0 Å². The number of hydrogen-bond donors (Lipinski definition) is 5. The molecule has 10 nitrogen and oxygen atoms in total. The highest BCUT2D eigenvalue weighted by Crippen LogP contribution is 2.33. The fourth-order valence-corrected chi connectivity index (χ4v) is 4.50. The van der Waals surface area contributed by atoms with E-state index in [0.29, 0.717) is 25.8 Å². The van der Waals surface area contributed by atoms with Gasteiger partial charge >= 0.3 is 6.09 Å². The molecule has 204 valence electrons. The van der Waals surface area contributed by atoms with Crippen molar-refractivity contribution >= 4 is 23.8 Å². The molecule has 37 heavy (non-hydrogen) atoms. The Bertz CT molecular complexity index is 944. The van der Waals surface area contributed by atoms with E-state index in [9.17, 15) is 24.3 Å². The second-order valence-corrected chi connectivity index (χ2v) is 11.2. The molecule has 2 fully saturated rings. The molecule has 0 radical (unpaired) electrons. The summed E-state index contributed by atoms with van der Waals surface area (Å²) in [5.74, 6) is -1.24. The van der Waals surface area contributed by atoms with Crippen LogP contribution in [0.4, 0.5) is 4.79 Å². The third kappa shape index (κ3) is 9.35. The van der Waals surface area contributed by atoms with Crippen molar-refractivity contribution in [1.82, 2.24) is 21.3 Å². The van der Waals surface area contributed by atoms with Gasteiger partial charge in [-0.15, -0.1) is 0 Å². The van der Waals surface area contributed by atoms with Gasteiger partial charge in [-0.25, -0.2) is 4.79 Å². The zero-order valence-electron chi connectivity index (χ0n) is 21.9. The largest absolute Gasteiger partial charge is 0.445 e. The summed E-state index contributed by atoms with van der Waals surface area (Å²) in [5.41, 5.74) is 0.549. The van der Waals surface area contributed by atoms with Crippen molar-refractivity contribution in [1.29, 1.82) is 0 Å². The molecule has 0 unspecified atom stereocenters. The Labute approximate surface area is 218 Å². The lowest BCUT2D eigenvalue weighted by atomic mass is 9.87. The van der Waals surface area contributed by atoms with Gasteiger partial charge in [-0.1, -0.05) is 51.1 Å². The Kier molecular flexibility index (Phi) is 9.91. The standard InChI is InChI=1S/C27H40N4O6/c1-27(2,3)14-21(24(34)29-20(15-32)13-19-11-12-28-23(19)33)30-25(35)22(18-9-10-18)31-26(36)37-16-17-7-5-4-6-8-17/h4-8,18-22,32H,9-16H2,1-3H3,(H,28,33)(H,29,34)(H,30,35)(H,31,36)/t19-,20-,21-,22-/m0/s1. The molecule has 1 saturated carbocycles. The summed E-state index contributed by atoms with van der Waals surface area (Å²) in [4.78, 5) is 50.8. The van der Waals surface area contributed by atoms with E-state index in [1.54, 1.807) is 0 Å². The first-order valence-corrected chi connectivity index (χ1v) is 13.0. The lowest BCUT2D eigenvalue weighted by Gasteiger charge is -2.29. The minimum absolute atomic E-state index is 0.0197. The second-order valence-electron chi connectivity index (χ2n) is 11.2. The number of hydrogen-bond acceptors (Lipinski definition) is 6. The third-order valence-corrected chi connectivity index (χ3v) is 6.61. The van der Waals surface area contributed by atoms with Gasteiger partial charge in [-0.2, -0.15) is 0 Å². The lowest BCUT2D eigenvalue weighted by molar-refractivity contribution is -0.131. The molecule has 0 bridgehead atoms. The van der Waals surface area contributed by atoms with Gasteiger partial charge in [-0.3, -0.25) is 14.4 Å². The zero-order valence-corrected chi connectivity index (χ0v) is 21.9. The molecule has 5 N–H and O–H groups in total. The van der Waals surface area contributed by atoms with Gasteiger partial charge in [0.15, 0.2) is 0 Å². The third-order valence-electron chi connectivity index (χ3n) is 6.61. The molecule has 10 heteroatoms. The molecule has 1 aromatic carbocycles. The smallest absolute Gasteiger partial charge is 0.408 e. The summed E-state index contributed by atoms with van der Waals surface area (Å²) in [6.45, 7) is 6.24. The fraction of sp³-hybridized carbons (Fsp3) is 0.630. The quantitative estimate of drug-likeness (QED) is 0.285. The van der Waals surface area contributed by atoms with E-state index in [4.69, 9.17) is 4.74 Å². The summed E-state index contributed by atoms with van der Waals surface area (Å²) in [5, 5.41) is 20.9. The maximum absolute atomic E-state index is 13.2. The highest BCUT2D eigenvalue weighted by molar-refractivity contribution is 5.92. The van der Waals surface area contributed by atoms with Crippen LogP contribution in [0.3, 0.4) is 0 Å². The fourth-order valence-electron chi connectivity index (χ4n) is 4.50. The van der Waals surface area contributed by atoms with Gasteiger partial charge in [0.2, 0.25) is 17.7 Å². The second kappa shape index (κ2) is 12.9. The van der Waals surface area contributed by atoms with Crippen LogP contribution in [-0.2, 0) is 25.7 Å². The number of rotatable bonds is 12. The monoisotopic (exact) mass is 516 g/mol. The molecule has 1 aliphatic carbocycles. The van der Waals surface area contributed by atoms with Crippen LogP contribution < -0.4 is 21.3 Å². The zero-order chi connectivity index (χ0) is 27.0. The van der Waals surface area contributed by atoms with E-state index < -0.39 is 36.0 Å². The van der Waals surface area contributed by atoms with Gasteiger partial charge in [0.05, 0.1) is 12.6 Å². The van der Waals surface area contributed by atoms with Crippen molar-refractivity contribution in [3.05, 3.63) is 35.9 Å². The van der Waals surface area contributed by atoms with Crippen LogP contribution in [0.25, 0.3) is 0 Å². The van der Waals surface area contributed by atoms with Gasteiger partial charge in [0.25, 0.3) is 0 Å². The molecule has 4 atom stereocenters. The first kappa shape index (κ1) is 28.4. The van der Waals surface area contributed by atoms with Crippen molar-refractivity contribution in [3.8, 4) is 0 Å². The van der Waals surface area contributed by atoms with E-state index in [0.717, 1.165) is 18.4 Å². The normalized spacial score (nSPS) is 19.8. The molecule has 4 amide bonds. The summed E-state index contributed by atoms with van der Waals surface area (Å²) in [7, 11) is 0. The molecule has 1 aromatic rings. The number of alkyl carbamates (subject to hydrolysis) is 1. The van der Waals surface area contributed by atoms with Crippen LogP contribution in [0, 0.1) is 17.3 Å². The van der Waals surface area contributed by atoms with Gasteiger partial charge in [0, 0.05) is 12.5 Å². The number of aliphatic hydroxyl groups is 1. The van der Waals surface area contributed by atoms with Crippen molar-refractivity contribution in [3.63, 3.8) is 0 Å². The molecule has 0 aromatic heterocycles. The Morgan fingerprint density at radius 1 is 1.05 bits per heavy atom. The first-order chi connectivity index (χ1) is 17.6. The average molecular weight is 517 g/mol. The highest BCUT2D eigenvalue weighted by Gasteiger charge is 2.40. The molecule has 1 saturated heterocycles. The number of aliphatic hydroxyl groups excluding tert-OH is 1. The highest BCUT2D eigenvalue weighted by atomic mass is 16.5. The van der Waals surface area contributed by atoms with E-state index in [2.05, 4.69) is 21.3 Å². The Balaban J connectivity index is 1.60. The molecule has 3 rings (SSSR count). The molecule has 1 heterocycles. The predicted molar refractivity (Wildman–Crippen MR) is 137 cm³/mol.